The molecule has 0 radical (unpaired) electrons. The minimum absolute atomic E-state index is 0.179. The third-order valence-corrected chi connectivity index (χ3v) is 4.97. The minimum Gasteiger partial charge on any atom is -0.394 e. The first-order valence-corrected chi connectivity index (χ1v) is 8.99. The van der Waals surface area contributed by atoms with Gasteiger partial charge in [-0.05, 0) is 17.7 Å². The minimum atomic E-state index is -0.800. The van der Waals surface area contributed by atoms with Gasteiger partial charge in [0.1, 0.15) is 23.5 Å². The van der Waals surface area contributed by atoms with Crippen molar-refractivity contribution in [2.75, 3.05) is 12.3 Å². The monoisotopic (exact) mass is 400 g/mol. The van der Waals surface area contributed by atoms with E-state index in [1.165, 1.54) is 6.33 Å². The number of aromatic nitrogens is 4. The summed E-state index contributed by atoms with van der Waals surface area (Å²) in [7, 11) is 0. The van der Waals surface area contributed by atoms with Gasteiger partial charge in [0.25, 0.3) is 0 Å². The molecule has 0 amide bonds. The molecule has 0 spiro atoms. The Kier molecular flexibility index (Phi) is 4.87. The number of rotatable bonds is 4. The van der Waals surface area contributed by atoms with Gasteiger partial charge >= 0.3 is 0 Å². The Bertz CT molecular complexity index is 1080. The molecule has 3 heterocycles. The fourth-order valence-electron chi connectivity index (χ4n) is 3.29. The fourth-order valence-corrected chi connectivity index (χ4v) is 3.54. The van der Waals surface area contributed by atoms with Crippen LogP contribution in [0.2, 0.25) is 5.02 Å². The summed E-state index contributed by atoms with van der Waals surface area (Å²) in [5.74, 6) is 0.656. The second-order valence-electron chi connectivity index (χ2n) is 6.59. The van der Waals surface area contributed by atoms with E-state index in [0.717, 1.165) is 5.56 Å². The maximum Gasteiger partial charge on any atom is 0.167 e. The Morgan fingerprint density at radius 3 is 2.89 bits per heavy atom. The summed E-state index contributed by atoms with van der Waals surface area (Å²) < 4.78 is 7.29. The SMILES string of the molecule is N#Cc1ccc(Cc2nc(N)c3ncn(C4OC(CO)C[C@H]4O)c3n2)cc1Cl. The van der Waals surface area contributed by atoms with Crippen LogP contribution in [0, 0.1) is 11.3 Å². The molecule has 4 N–H and O–H groups in total. The van der Waals surface area contributed by atoms with E-state index < -0.39 is 18.4 Å². The third-order valence-electron chi connectivity index (χ3n) is 4.65. The Morgan fingerprint density at radius 1 is 1.39 bits per heavy atom. The van der Waals surface area contributed by atoms with E-state index >= 15 is 0 Å². The number of benzene rings is 1. The number of fused-ring (bicyclic) bond motifs is 1. The van der Waals surface area contributed by atoms with Crippen molar-refractivity contribution in [2.24, 2.45) is 0 Å². The Labute approximate surface area is 165 Å². The molecule has 0 saturated carbocycles. The number of nitrogen functional groups attached to an aromatic ring is 1. The van der Waals surface area contributed by atoms with Gasteiger partial charge in [0.15, 0.2) is 17.7 Å². The van der Waals surface area contributed by atoms with Crippen LogP contribution >= 0.6 is 11.6 Å². The molecule has 1 aliphatic heterocycles. The Balaban J connectivity index is 1.70. The van der Waals surface area contributed by atoms with Gasteiger partial charge in [-0.2, -0.15) is 5.26 Å². The molecule has 10 heteroatoms. The highest BCUT2D eigenvalue weighted by molar-refractivity contribution is 6.31. The van der Waals surface area contributed by atoms with Crippen LogP contribution in [0.25, 0.3) is 11.2 Å². The average Bonchev–Trinajstić information content (AvgIpc) is 3.25. The van der Waals surface area contributed by atoms with Gasteiger partial charge in [-0.3, -0.25) is 4.57 Å². The molecule has 1 aromatic carbocycles. The number of anilines is 1. The third kappa shape index (κ3) is 3.27. The van der Waals surface area contributed by atoms with Crippen LogP contribution in [-0.4, -0.2) is 48.5 Å². The number of ether oxygens (including phenoxy) is 1. The van der Waals surface area contributed by atoms with Crippen LogP contribution in [-0.2, 0) is 11.2 Å². The summed E-state index contributed by atoms with van der Waals surface area (Å²) in [6.07, 6.45) is 0.199. The predicted octanol–water partition coefficient (Wildman–Crippen LogP) is 1.17. The van der Waals surface area contributed by atoms with Gasteiger partial charge in [0.2, 0.25) is 0 Å². The maximum atomic E-state index is 10.3. The van der Waals surface area contributed by atoms with Gasteiger partial charge in [-0.25, -0.2) is 15.0 Å². The predicted molar refractivity (Wildman–Crippen MR) is 100 cm³/mol. The Morgan fingerprint density at radius 2 is 2.21 bits per heavy atom. The van der Waals surface area contributed by atoms with E-state index in [9.17, 15) is 10.2 Å². The smallest absolute Gasteiger partial charge is 0.167 e. The number of nitrogens with two attached hydrogens (primary N) is 1. The molecule has 1 fully saturated rings. The van der Waals surface area contributed by atoms with Crippen LogP contribution in [0.4, 0.5) is 5.82 Å². The topological polar surface area (TPSA) is 143 Å². The van der Waals surface area contributed by atoms with E-state index in [1.54, 1.807) is 22.8 Å². The number of imidazole rings is 1. The van der Waals surface area contributed by atoms with Crippen molar-refractivity contribution in [1.82, 2.24) is 19.5 Å². The quantitative estimate of drug-likeness (QED) is 0.592. The van der Waals surface area contributed by atoms with Gasteiger partial charge in [0.05, 0.1) is 29.6 Å². The van der Waals surface area contributed by atoms with Crippen LogP contribution in [0.3, 0.4) is 0 Å². The van der Waals surface area contributed by atoms with E-state index in [0.29, 0.717) is 40.4 Å². The van der Waals surface area contributed by atoms with Crippen molar-refractivity contribution in [1.29, 1.82) is 5.26 Å². The largest absolute Gasteiger partial charge is 0.394 e. The molecular weight excluding hydrogens is 384 g/mol. The summed E-state index contributed by atoms with van der Waals surface area (Å²) in [6, 6.07) is 7.13. The number of aliphatic hydroxyl groups is 2. The number of aliphatic hydroxyl groups excluding tert-OH is 2. The molecule has 28 heavy (non-hydrogen) atoms. The van der Waals surface area contributed by atoms with Gasteiger partial charge < -0.3 is 20.7 Å². The van der Waals surface area contributed by atoms with Crippen molar-refractivity contribution < 1.29 is 14.9 Å². The van der Waals surface area contributed by atoms with Crippen molar-refractivity contribution in [3.05, 3.63) is 46.5 Å². The van der Waals surface area contributed by atoms with Crippen LogP contribution < -0.4 is 5.73 Å². The zero-order chi connectivity index (χ0) is 19.8. The van der Waals surface area contributed by atoms with Gasteiger partial charge in [-0.15, -0.1) is 0 Å². The molecule has 0 aliphatic carbocycles. The van der Waals surface area contributed by atoms with E-state index in [1.807, 2.05) is 6.07 Å². The average molecular weight is 401 g/mol. The second kappa shape index (κ2) is 7.33. The number of halogens is 1. The lowest BCUT2D eigenvalue weighted by Gasteiger charge is -2.16. The molecule has 2 unspecified atom stereocenters. The molecule has 3 aromatic rings. The van der Waals surface area contributed by atoms with Gasteiger partial charge in [-0.1, -0.05) is 17.7 Å². The summed E-state index contributed by atoms with van der Waals surface area (Å²) in [5, 5.41) is 28.9. The van der Waals surface area contributed by atoms with Crippen molar-refractivity contribution in [3.8, 4) is 6.07 Å². The van der Waals surface area contributed by atoms with Crippen molar-refractivity contribution >= 4 is 28.6 Å². The maximum absolute atomic E-state index is 10.3. The zero-order valence-electron chi connectivity index (χ0n) is 14.7. The Hall–Kier alpha value is -2.77. The first kappa shape index (κ1) is 18.6. The first-order chi connectivity index (χ1) is 13.5. The van der Waals surface area contributed by atoms with Crippen molar-refractivity contribution in [2.45, 2.75) is 31.3 Å². The molecule has 4 rings (SSSR count). The number of nitrogens with zero attached hydrogens (tertiary/aromatic N) is 5. The fraction of sp³-hybridized carbons (Fsp3) is 0.333. The molecule has 144 valence electrons. The number of hydrogen-bond acceptors (Lipinski definition) is 8. The highest BCUT2D eigenvalue weighted by atomic mass is 35.5. The van der Waals surface area contributed by atoms with Crippen molar-refractivity contribution in [3.63, 3.8) is 0 Å². The lowest BCUT2D eigenvalue weighted by atomic mass is 10.1. The molecule has 9 nitrogen and oxygen atoms in total. The second-order valence-corrected chi connectivity index (χ2v) is 6.99. The number of hydrogen-bond donors (Lipinski definition) is 3. The molecule has 3 atom stereocenters. The summed E-state index contributed by atoms with van der Waals surface area (Å²) in [5.41, 5.74) is 8.11. The molecular formula is C18H17ClN6O3. The van der Waals surface area contributed by atoms with E-state index in [4.69, 9.17) is 27.3 Å². The van der Waals surface area contributed by atoms with E-state index in [2.05, 4.69) is 15.0 Å². The van der Waals surface area contributed by atoms with Crippen LogP contribution in [0.5, 0.6) is 0 Å². The molecule has 1 saturated heterocycles. The van der Waals surface area contributed by atoms with Crippen LogP contribution in [0.15, 0.2) is 24.5 Å². The highest BCUT2D eigenvalue weighted by Gasteiger charge is 2.36. The summed E-state index contributed by atoms with van der Waals surface area (Å²) in [4.78, 5) is 13.1. The first-order valence-electron chi connectivity index (χ1n) is 8.62. The molecule has 0 bridgehead atoms. The lowest BCUT2D eigenvalue weighted by molar-refractivity contribution is -0.0487. The van der Waals surface area contributed by atoms with E-state index in [-0.39, 0.29) is 12.4 Å². The summed E-state index contributed by atoms with van der Waals surface area (Å²) in [6.45, 7) is -0.179. The highest BCUT2D eigenvalue weighted by Crippen LogP contribution is 2.31. The standard InChI is InChI=1S/C18H17ClN6O3/c19-12-3-9(1-2-10(12)6-20)4-14-23-16(21)15-17(24-14)25(8-22-15)18-13(27)5-11(7-26)28-18/h1-3,8,11,13,18,26-27H,4-5,7H2,(H2,21,23,24)/t11?,13-,18?/m1/s1. The summed E-state index contributed by atoms with van der Waals surface area (Å²) >= 11 is 6.09. The normalized spacial score (nSPS) is 21.9. The lowest BCUT2D eigenvalue weighted by Crippen LogP contribution is -2.19. The zero-order valence-corrected chi connectivity index (χ0v) is 15.4. The van der Waals surface area contributed by atoms with Gasteiger partial charge in [0, 0.05) is 12.8 Å². The molecule has 1 aliphatic rings. The number of nitriles is 1. The molecule has 2 aromatic heterocycles. The van der Waals surface area contributed by atoms with Crippen LogP contribution in [0.1, 0.15) is 29.6 Å².